The van der Waals surface area contributed by atoms with Crippen molar-refractivity contribution in [2.24, 2.45) is 0 Å². The molecule has 3 rings (SSSR count). The van der Waals surface area contributed by atoms with E-state index >= 15 is 0 Å². The minimum absolute atomic E-state index is 0.212. The lowest BCUT2D eigenvalue weighted by Gasteiger charge is -2.21. The summed E-state index contributed by atoms with van der Waals surface area (Å²) in [5.41, 5.74) is 7.93. The standard InChI is InChI=1S/C15H21NO2S/c1-11-4-5-12(16)8-14(11)19-10-13-9-17-15(18-13)6-2-3-7-15/h4-5,8,13H,2-3,6-7,9-10,16H2,1H3. The largest absolute Gasteiger partial charge is 0.399 e. The van der Waals surface area contributed by atoms with Gasteiger partial charge in [0.25, 0.3) is 0 Å². The summed E-state index contributed by atoms with van der Waals surface area (Å²) in [5, 5.41) is 0. The SMILES string of the molecule is Cc1ccc(N)cc1SCC1COC2(CCCC2)O1. The number of rotatable bonds is 3. The topological polar surface area (TPSA) is 44.5 Å². The molecule has 19 heavy (non-hydrogen) atoms. The number of ether oxygens (including phenoxy) is 2. The summed E-state index contributed by atoms with van der Waals surface area (Å²) in [7, 11) is 0. The molecule has 1 aromatic rings. The van der Waals surface area contributed by atoms with Gasteiger partial charge in [0.1, 0.15) is 0 Å². The summed E-state index contributed by atoms with van der Waals surface area (Å²) in [6.45, 7) is 2.85. The second-order valence-electron chi connectivity index (χ2n) is 5.50. The molecule has 1 unspecified atom stereocenters. The van der Waals surface area contributed by atoms with Crippen LogP contribution in [0.4, 0.5) is 5.69 Å². The summed E-state index contributed by atoms with van der Waals surface area (Å²) in [6.07, 6.45) is 4.79. The van der Waals surface area contributed by atoms with Gasteiger partial charge >= 0.3 is 0 Å². The van der Waals surface area contributed by atoms with Gasteiger partial charge in [-0.3, -0.25) is 0 Å². The Bertz CT molecular complexity index is 457. The maximum absolute atomic E-state index is 6.13. The molecule has 2 N–H and O–H groups in total. The quantitative estimate of drug-likeness (QED) is 0.680. The first-order chi connectivity index (χ1) is 9.17. The van der Waals surface area contributed by atoms with Crippen LogP contribution in [-0.2, 0) is 9.47 Å². The summed E-state index contributed by atoms with van der Waals surface area (Å²) in [5.74, 6) is 0.696. The van der Waals surface area contributed by atoms with Crippen molar-refractivity contribution in [1.29, 1.82) is 0 Å². The van der Waals surface area contributed by atoms with E-state index < -0.39 is 0 Å². The third-order valence-corrected chi connectivity index (χ3v) is 5.21. The van der Waals surface area contributed by atoms with Crippen molar-refractivity contribution in [3.63, 3.8) is 0 Å². The van der Waals surface area contributed by atoms with Gasteiger partial charge in [0, 0.05) is 29.2 Å². The number of nitrogen functional groups attached to an aromatic ring is 1. The molecule has 1 spiro atoms. The Morgan fingerprint density at radius 1 is 1.37 bits per heavy atom. The van der Waals surface area contributed by atoms with E-state index in [2.05, 4.69) is 13.0 Å². The molecule has 0 bridgehead atoms. The summed E-state index contributed by atoms with van der Waals surface area (Å²) in [4.78, 5) is 1.25. The zero-order chi connectivity index (χ0) is 13.3. The molecule has 0 radical (unpaired) electrons. The van der Waals surface area contributed by atoms with Crippen LogP contribution in [0.25, 0.3) is 0 Å². The lowest BCUT2D eigenvalue weighted by Crippen LogP contribution is -2.27. The third kappa shape index (κ3) is 2.91. The highest BCUT2D eigenvalue weighted by Gasteiger charge is 2.43. The fraction of sp³-hybridized carbons (Fsp3) is 0.600. The van der Waals surface area contributed by atoms with Crippen molar-refractivity contribution in [2.75, 3.05) is 18.1 Å². The number of aryl methyl sites for hydroxylation is 1. The highest BCUT2D eigenvalue weighted by atomic mass is 32.2. The number of hydrogen-bond acceptors (Lipinski definition) is 4. The van der Waals surface area contributed by atoms with Gasteiger partial charge in [-0.25, -0.2) is 0 Å². The average Bonchev–Trinajstić information content (AvgIpc) is 3.02. The molecular weight excluding hydrogens is 258 g/mol. The van der Waals surface area contributed by atoms with Gasteiger partial charge in [-0.15, -0.1) is 11.8 Å². The number of benzene rings is 1. The summed E-state index contributed by atoms with van der Waals surface area (Å²) in [6, 6.07) is 6.06. The number of hydrogen-bond donors (Lipinski definition) is 1. The Balaban J connectivity index is 1.57. The molecule has 0 aromatic heterocycles. The van der Waals surface area contributed by atoms with Crippen molar-refractivity contribution in [3.8, 4) is 0 Å². The molecule has 3 nitrogen and oxygen atoms in total. The maximum atomic E-state index is 6.13. The second kappa shape index (κ2) is 5.35. The molecule has 2 aliphatic rings. The molecule has 1 aliphatic heterocycles. The smallest absolute Gasteiger partial charge is 0.168 e. The van der Waals surface area contributed by atoms with E-state index in [4.69, 9.17) is 15.2 Å². The van der Waals surface area contributed by atoms with Gasteiger partial charge in [-0.2, -0.15) is 0 Å². The van der Waals surface area contributed by atoms with E-state index in [1.807, 2.05) is 23.9 Å². The van der Waals surface area contributed by atoms with Crippen molar-refractivity contribution in [1.82, 2.24) is 0 Å². The van der Waals surface area contributed by atoms with E-state index in [1.165, 1.54) is 23.3 Å². The number of thioether (sulfide) groups is 1. The van der Waals surface area contributed by atoms with E-state index in [0.717, 1.165) is 30.9 Å². The minimum atomic E-state index is -0.240. The number of nitrogens with two attached hydrogens (primary N) is 1. The molecule has 1 saturated carbocycles. The zero-order valence-electron chi connectivity index (χ0n) is 11.4. The first-order valence-electron chi connectivity index (χ1n) is 6.98. The maximum Gasteiger partial charge on any atom is 0.168 e. The predicted molar refractivity (Wildman–Crippen MR) is 78.3 cm³/mol. The van der Waals surface area contributed by atoms with Crippen molar-refractivity contribution < 1.29 is 9.47 Å². The normalized spacial score (nSPS) is 25.2. The molecule has 4 heteroatoms. The van der Waals surface area contributed by atoms with Crippen LogP contribution in [0.15, 0.2) is 23.1 Å². The van der Waals surface area contributed by atoms with Crippen molar-refractivity contribution >= 4 is 17.4 Å². The molecule has 1 saturated heterocycles. The molecule has 2 fully saturated rings. The second-order valence-corrected chi connectivity index (χ2v) is 6.57. The lowest BCUT2D eigenvalue weighted by atomic mass is 10.2. The highest BCUT2D eigenvalue weighted by Crippen LogP contribution is 2.40. The lowest BCUT2D eigenvalue weighted by molar-refractivity contribution is -0.159. The van der Waals surface area contributed by atoms with Crippen LogP contribution in [0, 0.1) is 6.92 Å². The fourth-order valence-corrected chi connectivity index (χ4v) is 3.87. The first-order valence-corrected chi connectivity index (χ1v) is 7.96. The molecule has 1 atom stereocenters. The minimum Gasteiger partial charge on any atom is -0.399 e. The van der Waals surface area contributed by atoms with Gasteiger partial charge < -0.3 is 15.2 Å². The Kier molecular flexibility index (Phi) is 3.74. The highest BCUT2D eigenvalue weighted by molar-refractivity contribution is 7.99. The summed E-state index contributed by atoms with van der Waals surface area (Å²) < 4.78 is 12.0. The fourth-order valence-electron chi connectivity index (χ4n) is 2.83. The van der Waals surface area contributed by atoms with Gasteiger partial charge in [-0.05, 0) is 37.5 Å². The first kappa shape index (κ1) is 13.3. The van der Waals surface area contributed by atoms with Crippen LogP contribution in [-0.4, -0.2) is 24.3 Å². The molecule has 104 valence electrons. The van der Waals surface area contributed by atoms with Gasteiger partial charge in [-0.1, -0.05) is 6.07 Å². The van der Waals surface area contributed by atoms with Crippen molar-refractivity contribution in [2.45, 2.75) is 49.4 Å². The molecular formula is C15H21NO2S. The summed E-state index contributed by atoms with van der Waals surface area (Å²) >= 11 is 1.82. The number of anilines is 1. The zero-order valence-corrected chi connectivity index (χ0v) is 12.2. The van der Waals surface area contributed by atoms with Crippen LogP contribution >= 0.6 is 11.8 Å². The Hall–Kier alpha value is -0.710. The molecule has 1 aliphatic carbocycles. The van der Waals surface area contributed by atoms with Crippen LogP contribution in [0.5, 0.6) is 0 Å². The predicted octanol–water partition coefficient (Wildman–Crippen LogP) is 3.36. The van der Waals surface area contributed by atoms with Crippen LogP contribution in [0.1, 0.15) is 31.2 Å². The molecule has 1 aromatic carbocycles. The van der Waals surface area contributed by atoms with Gasteiger partial charge in [0.15, 0.2) is 5.79 Å². The van der Waals surface area contributed by atoms with E-state index in [9.17, 15) is 0 Å². The van der Waals surface area contributed by atoms with Crippen LogP contribution in [0.2, 0.25) is 0 Å². The molecule has 1 heterocycles. The Morgan fingerprint density at radius 3 is 2.95 bits per heavy atom. The van der Waals surface area contributed by atoms with E-state index in [0.29, 0.717) is 0 Å². The van der Waals surface area contributed by atoms with E-state index in [1.54, 1.807) is 0 Å². The molecule has 0 amide bonds. The Labute approximate surface area is 118 Å². The monoisotopic (exact) mass is 279 g/mol. The van der Waals surface area contributed by atoms with Crippen molar-refractivity contribution in [3.05, 3.63) is 23.8 Å². The van der Waals surface area contributed by atoms with E-state index in [-0.39, 0.29) is 11.9 Å². The third-order valence-electron chi connectivity index (χ3n) is 3.92. The van der Waals surface area contributed by atoms with Crippen LogP contribution < -0.4 is 5.73 Å². The van der Waals surface area contributed by atoms with Crippen LogP contribution in [0.3, 0.4) is 0 Å². The van der Waals surface area contributed by atoms with Gasteiger partial charge in [0.05, 0.1) is 12.7 Å². The average molecular weight is 279 g/mol. The van der Waals surface area contributed by atoms with Gasteiger partial charge in [0.2, 0.25) is 0 Å². The Morgan fingerprint density at radius 2 is 2.16 bits per heavy atom.